The van der Waals surface area contributed by atoms with Crippen LogP contribution in [0, 0.1) is 16.0 Å². The van der Waals surface area contributed by atoms with Crippen LogP contribution in [-0.4, -0.2) is 53.5 Å². The van der Waals surface area contributed by atoms with Crippen molar-refractivity contribution >= 4 is 41.3 Å². The molecule has 0 aliphatic heterocycles. The number of benzene rings is 3. The number of anilines is 1. The molecule has 51 heavy (non-hydrogen) atoms. The van der Waals surface area contributed by atoms with Gasteiger partial charge >= 0.3 is 12.2 Å². The van der Waals surface area contributed by atoms with Gasteiger partial charge in [-0.15, -0.1) is 0 Å². The van der Waals surface area contributed by atoms with Gasteiger partial charge in [0.25, 0.3) is 11.6 Å². The zero-order valence-electron chi connectivity index (χ0n) is 27.7. The predicted molar refractivity (Wildman–Crippen MR) is 183 cm³/mol. The molecule has 0 aromatic heterocycles. The third kappa shape index (κ3) is 13.0. The molecule has 6 N–H and O–H groups in total. The first-order valence-electron chi connectivity index (χ1n) is 15.6. The number of hydrogen-bond donors (Lipinski definition) is 5. The minimum atomic E-state index is -1.07. The molecule has 3 aromatic rings. The van der Waals surface area contributed by atoms with Gasteiger partial charge in [-0.2, -0.15) is 0 Å². The summed E-state index contributed by atoms with van der Waals surface area (Å²) in [7, 11) is 0. The van der Waals surface area contributed by atoms with Crippen LogP contribution in [0.15, 0.2) is 77.9 Å². The molecule has 0 aliphatic rings. The number of urea groups is 1. The number of nitrogens with two attached hydrogens (primary N) is 1. The topological polar surface area (TPSA) is 270 Å². The van der Waals surface area contributed by atoms with Crippen LogP contribution in [-0.2, 0) is 27.5 Å². The summed E-state index contributed by atoms with van der Waals surface area (Å²) in [6, 6.07) is 14.7. The summed E-state index contributed by atoms with van der Waals surface area (Å²) < 4.78 is 10.1. The van der Waals surface area contributed by atoms with Crippen molar-refractivity contribution in [2.24, 2.45) is 16.8 Å². The van der Waals surface area contributed by atoms with E-state index in [9.17, 15) is 34.1 Å². The number of nitrogens with one attached hydrogen (secondary N) is 4. The van der Waals surface area contributed by atoms with Gasteiger partial charge in [0.1, 0.15) is 24.4 Å². The Kier molecular flexibility index (Phi) is 14.7. The van der Waals surface area contributed by atoms with Crippen LogP contribution in [0.5, 0.6) is 5.75 Å². The second-order valence-corrected chi connectivity index (χ2v) is 11.4. The average molecular weight is 704 g/mol. The van der Waals surface area contributed by atoms with E-state index >= 15 is 0 Å². The van der Waals surface area contributed by atoms with Crippen molar-refractivity contribution in [3.8, 4) is 5.75 Å². The smallest absolute Gasteiger partial charge is 0.429 e. The van der Waals surface area contributed by atoms with Gasteiger partial charge in [0.15, 0.2) is 0 Å². The number of ether oxygens (including phenoxy) is 2. The lowest BCUT2D eigenvalue weighted by molar-refractivity contribution is -0.384. The Morgan fingerprint density at radius 3 is 2.16 bits per heavy atom. The van der Waals surface area contributed by atoms with Gasteiger partial charge in [-0.05, 0) is 71.8 Å². The Balaban J connectivity index is 1.61. The van der Waals surface area contributed by atoms with Crippen LogP contribution in [0.3, 0.4) is 0 Å². The molecule has 0 saturated carbocycles. The van der Waals surface area contributed by atoms with Crippen molar-refractivity contribution in [3.63, 3.8) is 0 Å². The maximum absolute atomic E-state index is 13.4. The van der Waals surface area contributed by atoms with E-state index in [-0.39, 0.29) is 55.5 Å². The highest BCUT2D eigenvalue weighted by Gasteiger charge is 2.29. The third-order valence-corrected chi connectivity index (χ3v) is 7.20. The predicted octanol–water partition coefficient (Wildman–Crippen LogP) is 4.45. The van der Waals surface area contributed by atoms with Crippen molar-refractivity contribution in [2.75, 3.05) is 11.9 Å². The molecule has 0 heterocycles. The van der Waals surface area contributed by atoms with Crippen molar-refractivity contribution in [3.05, 3.63) is 110 Å². The number of hydrogen-bond acceptors (Lipinski definition) is 10. The number of carbonyl (C=O) groups excluding carboxylic acids is 5. The number of primary amides is 1. The first-order chi connectivity index (χ1) is 24.4. The number of nitro groups is 1. The largest absolute Gasteiger partial charge is 0.514 e. The normalized spacial score (nSPS) is 11.6. The SMILES string of the molecule is CC(C)C(NC(=O)c1ccc(CN=[N+]=[N-])cc1)C(=O)NC(CCCNC(N)=O)C(=O)Nc1ccc(COC(=O)Oc2ccc([N+](=O)[O-])cc2)cc1. The van der Waals surface area contributed by atoms with Crippen molar-refractivity contribution in [2.45, 2.75) is 51.9 Å². The van der Waals surface area contributed by atoms with Crippen LogP contribution >= 0.6 is 0 Å². The standard InChI is InChI=1S/C33H37N9O9/c1-20(2)28(40-29(43)23-9-5-21(6-10-23)18-37-41-35)31(45)39-27(4-3-17-36-32(34)46)30(44)38-24-11-7-22(8-12-24)19-50-33(47)51-26-15-13-25(14-16-26)42(48)49/h5-16,20,27-28H,3-4,17-19H2,1-2H3,(H,38,44)(H,39,45)(H,40,43)(H3,34,36,46). The summed E-state index contributed by atoms with van der Waals surface area (Å²) in [6.07, 6.45) is -0.623. The second-order valence-electron chi connectivity index (χ2n) is 11.4. The minimum absolute atomic E-state index is 0.0625. The van der Waals surface area contributed by atoms with E-state index in [4.69, 9.17) is 20.7 Å². The monoisotopic (exact) mass is 703 g/mol. The molecule has 2 atom stereocenters. The molecular weight excluding hydrogens is 666 g/mol. The Labute approximate surface area is 291 Å². The number of rotatable bonds is 17. The van der Waals surface area contributed by atoms with Gasteiger partial charge < -0.3 is 36.5 Å². The molecule has 3 aromatic carbocycles. The highest BCUT2D eigenvalue weighted by molar-refractivity contribution is 6.00. The number of nitro benzene ring substituents is 1. The lowest BCUT2D eigenvalue weighted by Gasteiger charge is -2.25. The van der Waals surface area contributed by atoms with Crippen molar-refractivity contribution < 1.29 is 38.4 Å². The summed E-state index contributed by atoms with van der Waals surface area (Å²) in [5, 5.41) is 24.8. The molecule has 0 bridgehead atoms. The van der Waals surface area contributed by atoms with E-state index in [1.807, 2.05) is 0 Å². The zero-order valence-corrected chi connectivity index (χ0v) is 27.7. The quantitative estimate of drug-likeness (QED) is 0.0194. The molecule has 18 nitrogen and oxygen atoms in total. The van der Waals surface area contributed by atoms with Crippen LogP contribution in [0.4, 0.5) is 21.0 Å². The number of non-ortho nitro benzene ring substituents is 1. The fourth-order valence-electron chi connectivity index (χ4n) is 4.50. The van der Waals surface area contributed by atoms with Gasteiger partial charge in [-0.25, -0.2) is 9.59 Å². The molecular formula is C33H37N9O9. The Morgan fingerprint density at radius 1 is 0.922 bits per heavy atom. The van der Waals surface area contributed by atoms with E-state index in [1.54, 1.807) is 62.4 Å². The van der Waals surface area contributed by atoms with Crippen LogP contribution in [0.2, 0.25) is 0 Å². The van der Waals surface area contributed by atoms with Gasteiger partial charge in [0.2, 0.25) is 11.8 Å². The Bertz CT molecular complexity index is 1740. The number of carbonyl (C=O) groups is 5. The number of azide groups is 1. The fourth-order valence-corrected chi connectivity index (χ4v) is 4.50. The zero-order chi connectivity index (χ0) is 37.3. The summed E-state index contributed by atoms with van der Waals surface area (Å²) in [5.41, 5.74) is 15.4. The average Bonchev–Trinajstić information content (AvgIpc) is 3.10. The molecule has 0 spiro atoms. The number of amides is 5. The van der Waals surface area contributed by atoms with Gasteiger partial charge in [-0.3, -0.25) is 24.5 Å². The van der Waals surface area contributed by atoms with Crippen LogP contribution in [0.25, 0.3) is 10.4 Å². The van der Waals surface area contributed by atoms with Crippen molar-refractivity contribution in [1.82, 2.24) is 16.0 Å². The van der Waals surface area contributed by atoms with Gasteiger partial charge in [0, 0.05) is 34.8 Å². The van der Waals surface area contributed by atoms with E-state index in [2.05, 4.69) is 31.3 Å². The van der Waals surface area contributed by atoms with Crippen LogP contribution < -0.4 is 31.7 Å². The second kappa shape index (κ2) is 19.4. The van der Waals surface area contributed by atoms with Gasteiger partial charge in [0.05, 0.1) is 11.5 Å². The fraction of sp³-hybridized carbons (Fsp3) is 0.303. The lowest BCUT2D eigenvalue weighted by atomic mass is 10.0. The molecule has 0 fully saturated rings. The summed E-state index contributed by atoms with van der Waals surface area (Å²) in [6.45, 7) is 3.57. The highest BCUT2D eigenvalue weighted by Crippen LogP contribution is 2.18. The Morgan fingerprint density at radius 2 is 1.57 bits per heavy atom. The third-order valence-electron chi connectivity index (χ3n) is 7.20. The maximum atomic E-state index is 13.4. The van der Waals surface area contributed by atoms with Gasteiger partial charge in [-0.1, -0.05) is 43.2 Å². The highest BCUT2D eigenvalue weighted by atomic mass is 16.7. The number of nitrogens with zero attached hydrogens (tertiary/aromatic N) is 4. The first kappa shape index (κ1) is 38.8. The minimum Gasteiger partial charge on any atom is -0.429 e. The van der Waals surface area contributed by atoms with E-state index in [0.717, 1.165) is 0 Å². The molecule has 0 aliphatic carbocycles. The van der Waals surface area contributed by atoms with Crippen LogP contribution in [0.1, 0.15) is 48.2 Å². The van der Waals surface area contributed by atoms with Crippen molar-refractivity contribution in [1.29, 1.82) is 0 Å². The molecule has 0 saturated heterocycles. The summed E-state index contributed by atoms with van der Waals surface area (Å²) in [5.74, 6) is -1.99. The molecule has 268 valence electrons. The summed E-state index contributed by atoms with van der Waals surface area (Å²) in [4.78, 5) is 75.9. The molecule has 18 heteroatoms. The van der Waals surface area contributed by atoms with E-state index in [0.29, 0.717) is 16.8 Å². The Hall–Kier alpha value is -6.68. The lowest BCUT2D eigenvalue weighted by Crippen LogP contribution is -2.54. The maximum Gasteiger partial charge on any atom is 0.514 e. The molecule has 5 amide bonds. The molecule has 2 unspecified atom stereocenters. The molecule has 0 radical (unpaired) electrons. The van der Waals surface area contributed by atoms with E-state index < -0.39 is 46.9 Å². The first-order valence-corrected chi connectivity index (χ1v) is 15.6. The summed E-state index contributed by atoms with van der Waals surface area (Å²) >= 11 is 0. The van der Waals surface area contributed by atoms with E-state index in [1.165, 1.54) is 24.3 Å². The molecule has 3 rings (SSSR count).